The van der Waals surface area contributed by atoms with Crippen LogP contribution in [0.2, 0.25) is 0 Å². The van der Waals surface area contributed by atoms with Crippen molar-refractivity contribution < 1.29 is 14.3 Å². The molecule has 0 radical (unpaired) electrons. The fourth-order valence-corrected chi connectivity index (χ4v) is 2.66. The van der Waals surface area contributed by atoms with E-state index in [1.807, 2.05) is 6.92 Å². The lowest BCUT2D eigenvalue weighted by atomic mass is 9.94. The van der Waals surface area contributed by atoms with Crippen LogP contribution >= 0.6 is 11.6 Å². The van der Waals surface area contributed by atoms with Gasteiger partial charge in [-0.3, -0.25) is 0 Å². The Morgan fingerprint density at radius 3 is 2.11 bits per heavy atom. The summed E-state index contributed by atoms with van der Waals surface area (Å²) in [6.07, 6.45) is 9.51. The average Bonchev–Trinajstić information content (AvgIpc) is 2.62. The average molecular weight is 287 g/mol. The zero-order valence-electron chi connectivity index (χ0n) is 11.8. The highest BCUT2D eigenvalue weighted by atomic mass is 35.5. The Balaban J connectivity index is 2.23. The molecule has 0 saturated carbocycles. The van der Waals surface area contributed by atoms with Gasteiger partial charge in [-0.1, -0.05) is 70.4 Å². The minimum Gasteiger partial charge on any atom is -0.385 e. The Morgan fingerprint density at radius 1 is 1.00 bits per heavy atom. The van der Waals surface area contributed by atoms with Crippen molar-refractivity contribution >= 4 is 23.5 Å². The predicted molar refractivity (Wildman–Crippen MR) is 75.8 cm³/mol. The number of hydrogen-bond acceptors (Lipinski definition) is 3. The van der Waals surface area contributed by atoms with Crippen molar-refractivity contribution in [2.24, 2.45) is 5.92 Å². The number of ether oxygens (including phenoxy) is 1. The van der Waals surface area contributed by atoms with Crippen molar-refractivity contribution in [3.05, 3.63) is 10.6 Å². The van der Waals surface area contributed by atoms with E-state index >= 15 is 0 Å². The monoisotopic (exact) mass is 286 g/mol. The van der Waals surface area contributed by atoms with Crippen LogP contribution in [0.25, 0.3) is 0 Å². The molecule has 0 spiro atoms. The van der Waals surface area contributed by atoms with E-state index in [9.17, 15) is 9.59 Å². The number of carbonyl (C=O) groups is 2. The third kappa shape index (κ3) is 4.98. The summed E-state index contributed by atoms with van der Waals surface area (Å²) in [5, 5.41) is -0.0274. The lowest BCUT2D eigenvalue weighted by molar-refractivity contribution is -0.151. The normalized spacial score (nSPS) is 17.0. The van der Waals surface area contributed by atoms with Crippen molar-refractivity contribution in [3.8, 4) is 0 Å². The van der Waals surface area contributed by atoms with Gasteiger partial charge in [0.15, 0.2) is 0 Å². The smallest absolute Gasteiger partial charge is 0.358 e. The molecule has 0 fully saturated rings. The van der Waals surface area contributed by atoms with E-state index in [2.05, 4.69) is 11.7 Å². The molecular formula is C15H23ClO3. The number of hydrogen-bond donors (Lipinski definition) is 0. The summed E-state index contributed by atoms with van der Waals surface area (Å²) in [7, 11) is 0. The lowest BCUT2D eigenvalue weighted by Gasteiger charge is -2.10. The molecule has 0 saturated heterocycles. The molecule has 0 aromatic carbocycles. The largest absolute Gasteiger partial charge is 0.385 e. The number of esters is 2. The fraction of sp³-hybridized carbons (Fsp3) is 0.733. The first kappa shape index (κ1) is 16.2. The SMILES string of the molecule is CCCCCCCCCC(C)C1=C(Cl)C(=O)OC1=O. The van der Waals surface area contributed by atoms with Gasteiger partial charge in [0.05, 0.1) is 5.57 Å². The molecule has 3 nitrogen and oxygen atoms in total. The van der Waals surface area contributed by atoms with E-state index in [1.165, 1.54) is 38.5 Å². The highest BCUT2D eigenvalue weighted by Crippen LogP contribution is 2.30. The topological polar surface area (TPSA) is 43.4 Å². The van der Waals surface area contributed by atoms with Crippen LogP contribution in [0.3, 0.4) is 0 Å². The maximum Gasteiger partial charge on any atom is 0.358 e. The Hall–Kier alpha value is -0.830. The molecular weight excluding hydrogens is 264 g/mol. The number of rotatable bonds is 9. The van der Waals surface area contributed by atoms with Crippen LogP contribution in [0, 0.1) is 5.92 Å². The Labute approximate surface area is 120 Å². The molecule has 1 heterocycles. The first-order valence-electron chi connectivity index (χ1n) is 7.24. The fourth-order valence-electron chi connectivity index (χ4n) is 2.35. The molecule has 0 aliphatic carbocycles. The summed E-state index contributed by atoms with van der Waals surface area (Å²) >= 11 is 5.80. The molecule has 108 valence electrons. The van der Waals surface area contributed by atoms with E-state index in [0.717, 1.165) is 12.8 Å². The van der Waals surface area contributed by atoms with Crippen LogP contribution in [-0.4, -0.2) is 11.9 Å². The minimum atomic E-state index is -0.701. The molecule has 1 aliphatic heterocycles. The van der Waals surface area contributed by atoms with Crippen LogP contribution < -0.4 is 0 Å². The zero-order chi connectivity index (χ0) is 14.3. The van der Waals surface area contributed by atoms with Crippen LogP contribution in [0.4, 0.5) is 0 Å². The molecule has 19 heavy (non-hydrogen) atoms. The van der Waals surface area contributed by atoms with Gasteiger partial charge in [0, 0.05) is 0 Å². The second-order valence-corrected chi connectivity index (χ2v) is 5.59. The molecule has 0 N–H and O–H groups in total. The first-order valence-corrected chi connectivity index (χ1v) is 7.61. The second kappa shape index (κ2) is 8.36. The summed E-state index contributed by atoms with van der Waals surface area (Å²) < 4.78 is 4.50. The predicted octanol–water partition coefficient (Wildman–Crippen LogP) is 4.34. The molecule has 0 aromatic rings. The summed E-state index contributed by atoms with van der Waals surface area (Å²) in [5.74, 6) is -1.26. The molecule has 0 aromatic heterocycles. The van der Waals surface area contributed by atoms with E-state index in [4.69, 9.17) is 11.6 Å². The van der Waals surface area contributed by atoms with E-state index < -0.39 is 11.9 Å². The molecule has 1 rings (SSSR count). The van der Waals surface area contributed by atoms with E-state index in [1.54, 1.807) is 0 Å². The zero-order valence-corrected chi connectivity index (χ0v) is 12.6. The van der Waals surface area contributed by atoms with Crippen molar-refractivity contribution in [2.75, 3.05) is 0 Å². The van der Waals surface area contributed by atoms with Gasteiger partial charge < -0.3 is 4.74 Å². The van der Waals surface area contributed by atoms with Crippen LogP contribution in [-0.2, 0) is 14.3 Å². The molecule has 0 amide bonds. The maximum atomic E-state index is 11.5. The van der Waals surface area contributed by atoms with Crippen molar-refractivity contribution in [1.29, 1.82) is 0 Å². The van der Waals surface area contributed by atoms with Gasteiger partial charge in [0.1, 0.15) is 5.03 Å². The summed E-state index contributed by atoms with van der Waals surface area (Å²) in [6, 6.07) is 0. The van der Waals surface area contributed by atoms with Crippen LogP contribution in [0.5, 0.6) is 0 Å². The van der Waals surface area contributed by atoms with Crippen LogP contribution in [0.1, 0.15) is 65.2 Å². The van der Waals surface area contributed by atoms with Gasteiger partial charge in [0.25, 0.3) is 0 Å². The van der Waals surface area contributed by atoms with Gasteiger partial charge in [-0.05, 0) is 12.3 Å². The Morgan fingerprint density at radius 2 is 1.58 bits per heavy atom. The molecule has 0 bridgehead atoms. The van der Waals surface area contributed by atoms with Gasteiger partial charge in [-0.25, -0.2) is 9.59 Å². The standard InChI is InChI=1S/C15H23ClO3/c1-3-4-5-6-7-8-9-10-11(2)12-13(16)15(18)19-14(12)17/h11H,3-10H2,1-2H3. The van der Waals surface area contributed by atoms with Crippen molar-refractivity contribution in [1.82, 2.24) is 0 Å². The number of cyclic esters (lactones) is 2. The summed E-state index contributed by atoms with van der Waals surface area (Å²) in [5.41, 5.74) is 0.359. The highest BCUT2D eigenvalue weighted by molar-refractivity contribution is 6.45. The molecule has 1 unspecified atom stereocenters. The van der Waals surface area contributed by atoms with Gasteiger partial charge >= 0.3 is 11.9 Å². The Kier molecular flexibility index (Phi) is 7.14. The number of carbonyl (C=O) groups excluding carboxylic acids is 2. The minimum absolute atomic E-state index is 0.00194. The van der Waals surface area contributed by atoms with Gasteiger partial charge in [0.2, 0.25) is 0 Å². The van der Waals surface area contributed by atoms with Crippen molar-refractivity contribution in [3.63, 3.8) is 0 Å². The number of halogens is 1. The summed E-state index contributed by atoms with van der Waals surface area (Å²) in [4.78, 5) is 22.6. The third-order valence-electron chi connectivity index (χ3n) is 3.55. The van der Waals surface area contributed by atoms with E-state index in [0.29, 0.717) is 5.57 Å². The molecule has 1 aliphatic rings. The lowest BCUT2D eigenvalue weighted by Crippen LogP contribution is -2.08. The maximum absolute atomic E-state index is 11.5. The van der Waals surface area contributed by atoms with Gasteiger partial charge in [-0.15, -0.1) is 0 Å². The van der Waals surface area contributed by atoms with Crippen molar-refractivity contribution in [2.45, 2.75) is 65.2 Å². The molecule has 1 atom stereocenters. The van der Waals surface area contributed by atoms with Crippen LogP contribution in [0.15, 0.2) is 10.6 Å². The van der Waals surface area contributed by atoms with Gasteiger partial charge in [-0.2, -0.15) is 0 Å². The first-order chi connectivity index (χ1) is 9.07. The quantitative estimate of drug-likeness (QED) is 0.360. The molecule has 4 heteroatoms. The Bertz CT molecular complexity index is 360. The summed E-state index contributed by atoms with van der Waals surface area (Å²) in [6.45, 7) is 4.13. The second-order valence-electron chi connectivity index (χ2n) is 5.22. The number of unbranched alkanes of at least 4 members (excludes halogenated alkanes) is 6. The van der Waals surface area contributed by atoms with E-state index in [-0.39, 0.29) is 11.0 Å². The highest BCUT2D eigenvalue weighted by Gasteiger charge is 2.34. The third-order valence-corrected chi connectivity index (χ3v) is 3.91.